The van der Waals surface area contributed by atoms with Crippen LogP contribution in [-0.2, 0) is 11.2 Å². The van der Waals surface area contributed by atoms with Crippen molar-refractivity contribution in [3.8, 4) is 0 Å². The molecule has 19 heavy (non-hydrogen) atoms. The molecule has 0 N–H and O–H groups in total. The highest BCUT2D eigenvalue weighted by molar-refractivity contribution is 7.09. The quantitative estimate of drug-likeness (QED) is 0.861. The molecular formula is C14H18N2O2S. The lowest BCUT2D eigenvalue weighted by Gasteiger charge is -2.18. The minimum absolute atomic E-state index is 0.204. The van der Waals surface area contributed by atoms with Crippen molar-refractivity contribution >= 4 is 11.3 Å². The molecule has 2 aromatic heterocycles. The van der Waals surface area contributed by atoms with Gasteiger partial charge >= 0.3 is 0 Å². The van der Waals surface area contributed by atoms with Gasteiger partial charge in [0.1, 0.15) is 0 Å². The Labute approximate surface area is 116 Å². The molecule has 102 valence electrons. The average molecular weight is 278 g/mol. The summed E-state index contributed by atoms with van der Waals surface area (Å²) in [4.78, 5) is 5.81. The molecule has 1 aliphatic heterocycles. The molecule has 2 aromatic rings. The summed E-state index contributed by atoms with van der Waals surface area (Å²) < 4.78 is 11.2. The van der Waals surface area contributed by atoms with Gasteiger partial charge < -0.3 is 9.26 Å². The summed E-state index contributed by atoms with van der Waals surface area (Å²) in [6.45, 7) is 5.13. The lowest BCUT2D eigenvalue weighted by Crippen LogP contribution is -2.21. The molecule has 3 heterocycles. The first kappa shape index (κ1) is 12.8. The second-order valence-corrected chi connectivity index (χ2v) is 6.31. The highest BCUT2D eigenvalue weighted by Gasteiger charge is 2.35. The summed E-state index contributed by atoms with van der Waals surface area (Å²) >= 11 is 1.72. The van der Waals surface area contributed by atoms with Crippen LogP contribution in [0.15, 0.2) is 22.0 Å². The Hall–Kier alpha value is -1.20. The van der Waals surface area contributed by atoms with Gasteiger partial charge in [-0.05, 0) is 23.8 Å². The maximum atomic E-state index is 5.77. The summed E-state index contributed by atoms with van der Waals surface area (Å²) in [5, 5.41) is 6.16. The van der Waals surface area contributed by atoms with Crippen molar-refractivity contribution < 1.29 is 9.26 Å². The van der Waals surface area contributed by atoms with Gasteiger partial charge in [-0.1, -0.05) is 25.1 Å². The molecule has 5 heteroatoms. The van der Waals surface area contributed by atoms with E-state index in [0.717, 1.165) is 31.2 Å². The molecule has 4 nitrogen and oxygen atoms in total. The van der Waals surface area contributed by atoms with Crippen LogP contribution in [0.1, 0.15) is 42.8 Å². The Bertz CT molecular complexity index is 521. The molecule has 0 aliphatic carbocycles. The zero-order chi connectivity index (χ0) is 13.2. The van der Waals surface area contributed by atoms with Crippen LogP contribution >= 0.6 is 11.3 Å². The molecule has 0 radical (unpaired) electrons. The van der Waals surface area contributed by atoms with Crippen LogP contribution in [0.5, 0.6) is 0 Å². The van der Waals surface area contributed by atoms with E-state index in [9.17, 15) is 0 Å². The van der Waals surface area contributed by atoms with Crippen LogP contribution in [0.4, 0.5) is 0 Å². The zero-order valence-electron chi connectivity index (χ0n) is 11.2. The first-order chi connectivity index (χ1) is 9.24. The Kier molecular flexibility index (Phi) is 3.66. The molecule has 1 saturated heterocycles. The van der Waals surface area contributed by atoms with Crippen molar-refractivity contribution in [3.05, 3.63) is 34.1 Å². The summed E-state index contributed by atoms with van der Waals surface area (Å²) in [5.74, 6) is 2.24. The molecule has 3 rings (SSSR count). The first-order valence-corrected chi connectivity index (χ1v) is 7.58. The summed E-state index contributed by atoms with van der Waals surface area (Å²) in [6, 6.07) is 4.14. The average Bonchev–Trinajstić information content (AvgIpc) is 3.09. The van der Waals surface area contributed by atoms with Gasteiger partial charge in [0.2, 0.25) is 5.89 Å². The second kappa shape index (κ2) is 5.43. The van der Waals surface area contributed by atoms with Gasteiger partial charge in [-0.2, -0.15) is 4.98 Å². The van der Waals surface area contributed by atoms with E-state index in [1.54, 1.807) is 11.3 Å². The monoisotopic (exact) mass is 278 g/mol. The molecule has 1 aliphatic rings. The van der Waals surface area contributed by atoms with E-state index < -0.39 is 0 Å². The third-order valence-electron chi connectivity index (χ3n) is 3.51. The highest BCUT2D eigenvalue weighted by Crippen LogP contribution is 2.34. The minimum Gasteiger partial charge on any atom is -0.377 e. The van der Waals surface area contributed by atoms with E-state index >= 15 is 0 Å². The molecule has 0 spiro atoms. The van der Waals surface area contributed by atoms with E-state index in [2.05, 4.69) is 35.4 Å². The fraction of sp³-hybridized carbons (Fsp3) is 0.571. The topological polar surface area (TPSA) is 48.2 Å². The zero-order valence-corrected chi connectivity index (χ0v) is 12.0. The summed E-state index contributed by atoms with van der Waals surface area (Å²) in [5.41, 5.74) is 0. The van der Waals surface area contributed by atoms with Crippen molar-refractivity contribution in [2.75, 3.05) is 6.61 Å². The molecule has 0 aromatic carbocycles. The van der Waals surface area contributed by atoms with E-state index in [1.165, 1.54) is 4.88 Å². The number of hydrogen-bond donors (Lipinski definition) is 0. The smallest absolute Gasteiger partial charge is 0.232 e. The number of thiophene rings is 1. The van der Waals surface area contributed by atoms with Gasteiger partial charge in [-0.3, -0.25) is 0 Å². The Balaban J connectivity index is 1.74. The van der Waals surface area contributed by atoms with Gasteiger partial charge in [-0.25, -0.2) is 0 Å². The standard InChI is InChI=1S/C14H18N2O2S/c1-9(2)13-11(5-6-17-13)14-15-12(16-18-14)8-10-4-3-7-19-10/h3-4,7,9,11,13H,5-6,8H2,1-2H3/t11-,13-/m1/s1. The van der Waals surface area contributed by atoms with Crippen molar-refractivity contribution in [1.82, 2.24) is 10.1 Å². The van der Waals surface area contributed by atoms with Crippen molar-refractivity contribution in [2.45, 2.75) is 38.7 Å². The number of rotatable bonds is 4. The Morgan fingerprint density at radius 2 is 2.37 bits per heavy atom. The van der Waals surface area contributed by atoms with Gasteiger partial charge in [0.15, 0.2) is 5.82 Å². The molecule has 0 bridgehead atoms. The van der Waals surface area contributed by atoms with Crippen molar-refractivity contribution in [2.24, 2.45) is 5.92 Å². The molecule has 0 saturated carbocycles. The molecule has 0 amide bonds. The van der Waals surface area contributed by atoms with Crippen molar-refractivity contribution in [1.29, 1.82) is 0 Å². The Morgan fingerprint density at radius 3 is 3.11 bits per heavy atom. The SMILES string of the molecule is CC(C)[C@H]1OCC[C@H]1c1nc(Cc2cccs2)no1. The number of aromatic nitrogens is 2. The predicted molar refractivity (Wildman–Crippen MR) is 73.4 cm³/mol. The van der Waals surface area contributed by atoms with E-state index in [4.69, 9.17) is 9.26 Å². The number of hydrogen-bond acceptors (Lipinski definition) is 5. The number of ether oxygens (including phenoxy) is 1. The third-order valence-corrected chi connectivity index (χ3v) is 4.38. The van der Waals surface area contributed by atoms with Crippen LogP contribution < -0.4 is 0 Å². The fourth-order valence-electron chi connectivity index (χ4n) is 2.59. The van der Waals surface area contributed by atoms with Gasteiger partial charge in [-0.15, -0.1) is 11.3 Å². The Morgan fingerprint density at radius 1 is 1.47 bits per heavy atom. The number of nitrogens with zero attached hydrogens (tertiary/aromatic N) is 2. The van der Waals surface area contributed by atoms with E-state index in [0.29, 0.717) is 5.92 Å². The minimum atomic E-state index is 0.204. The van der Waals surface area contributed by atoms with Crippen LogP contribution in [0.2, 0.25) is 0 Å². The van der Waals surface area contributed by atoms with Crippen LogP contribution in [0.3, 0.4) is 0 Å². The largest absolute Gasteiger partial charge is 0.377 e. The van der Waals surface area contributed by atoms with Gasteiger partial charge in [0.05, 0.1) is 12.0 Å². The van der Waals surface area contributed by atoms with Gasteiger partial charge in [0.25, 0.3) is 0 Å². The fourth-order valence-corrected chi connectivity index (χ4v) is 3.29. The molecule has 0 unspecified atom stereocenters. The maximum Gasteiger partial charge on any atom is 0.232 e. The molecule has 1 fully saturated rings. The third kappa shape index (κ3) is 2.72. The van der Waals surface area contributed by atoms with Crippen LogP contribution in [0.25, 0.3) is 0 Å². The lowest BCUT2D eigenvalue weighted by molar-refractivity contribution is 0.0627. The lowest BCUT2D eigenvalue weighted by atomic mass is 9.93. The van der Waals surface area contributed by atoms with E-state index in [-0.39, 0.29) is 12.0 Å². The normalized spacial score (nSPS) is 23.3. The second-order valence-electron chi connectivity index (χ2n) is 5.28. The molecule has 2 atom stereocenters. The van der Waals surface area contributed by atoms with Crippen molar-refractivity contribution in [3.63, 3.8) is 0 Å². The van der Waals surface area contributed by atoms with E-state index in [1.807, 2.05) is 6.07 Å². The summed E-state index contributed by atoms with van der Waals surface area (Å²) in [7, 11) is 0. The predicted octanol–water partition coefficient (Wildman–Crippen LogP) is 3.25. The van der Waals surface area contributed by atoms with Crippen LogP contribution in [0, 0.1) is 5.92 Å². The van der Waals surface area contributed by atoms with Gasteiger partial charge in [0, 0.05) is 17.9 Å². The molecular weight excluding hydrogens is 260 g/mol. The van der Waals surface area contributed by atoms with Crippen LogP contribution in [-0.4, -0.2) is 22.9 Å². The maximum absolute atomic E-state index is 5.77. The summed E-state index contributed by atoms with van der Waals surface area (Å²) in [6.07, 6.45) is 1.93. The first-order valence-electron chi connectivity index (χ1n) is 6.70. The highest BCUT2D eigenvalue weighted by atomic mass is 32.1.